The van der Waals surface area contributed by atoms with E-state index in [0.717, 1.165) is 24.9 Å². The van der Waals surface area contributed by atoms with Crippen LogP contribution in [0.25, 0.3) is 11.4 Å². The van der Waals surface area contributed by atoms with Crippen molar-refractivity contribution < 1.29 is 9.32 Å². The number of hydrogen-bond donors (Lipinski definition) is 1. The van der Waals surface area contributed by atoms with E-state index in [1.54, 1.807) is 12.1 Å². The first-order valence-electron chi connectivity index (χ1n) is 7.79. The molecule has 1 N–H and O–H groups in total. The van der Waals surface area contributed by atoms with Gasteiger partial charge in [-0.15, -0.1) is 0 Å². The third-order valence-corrected chi connectivity index (χ3v) is 4.18. The number of hydrogen-bond acceptors (Lipinski definition) is 4. The highest BCUT2D eigenvalue weighted by atomic mass is 35.5. The van der Waals surface area contributed by atoms with Gasteiger partial charge in [0.1, 0.15) is 0 Å². The van der Waals surface area contributed by atoms with Gasteiger partial charge in [-0.3, -0.25) is 0 Å². The molecular weight excluding hydrogens is 316 g/mol. The van der Waals surface area contributed by atoms with Crippen molar-refractivity contribution in [3.63, 3.8) is 0 Å². The van der Waals surface area contributed by atoms with Crippen molar-refractivity contribution in [2.45, 2.75) is 25.7 Å². The lowest BCUT2D eigenvalue weighted by Gasteiger charge is -2.30. The second kappa shape index (κ2) is 7.00. The van der Waals surface area contributed by atoms with Crippen LogP contribution in [0.5, 0.6) is 0 Å². The Morgan fingerprint density at radius 1 is 1.43 bits per heavy atom. The molecule has 7 heteroatoms. The number of carbonyl (C=O) groups is 1. The van der Waals surface area contributed by atoms with E-state index in [9.17, 15) is 4.79 Å². The van der Waals surface area contributed by atoms with E-state index in [4.69, 9.17) is 16.1 Å². The normalized spacial score (nSPS) is 18.0. The van der Waals surface area contributed by atoms with Crippen LogP contribution in [0, 0.1) is 0 Å². The quantitative estimate of drug-likeness (QED) is 0.934. The number of piperidine rings is 1. The maximum absolute atomic E-state index is 12.0. The maximum Gasteiger partial charge on any atom is 0.317 e. The molecule has 122 valence electrons. The smallest absolute Gasteiger partial charge is 0.317 e. The topological polar surface area (TPSA) is 71.3 Å². The van der Waals surface area contributed by atoms with Crippen LogP contribution in [0.15, 0.2) is 28.8 Å². The number of nitrogens with zero attached hydrogens (tertiary/aromatic N) is 3. The first kappa shape index (κ1) is 15.8. The number of benzene rings is 1. The molecule has 0 aliphatic carbocycles. The molecule has 1 aromatic carbocycles. The average molecular weight is 335 g/mol. The van der Waals surface area contributed by atoms with E-state index in [0.29, 0.717) is 29.8 Å². The van der Waals surface area contributed by atoms with Crippen molar-refractivity contribution in [3.8, 4) is 11.4 Å². The van der Waals surface area contributed by atoms with Crippen LogP contribution in [0.1, 0.15) is 31.6 Å². The number of aromatic nitrogens is 2. The van der Waals surface area contributed by atoms with Gasteiger partial charge in [0.15, 0.2) is 0 Å². The van der Waals surface area contributed by atoms with Crippen LogP contribution >= 0.6 is 11.6 Å². The minimum Gasteiger partial charge on any atom is -0.339 e. The summed E-state index contributed by atoms with van der Waals surface area (Å²) in [5.74, 6) is 1.22. The summed E-state index contributed by atoms with van der Waals surface area (Å²) in [6.45, 7) is 3.91. The summed E-state index contributed by atoms with van der Waals surface area (Å²) in [6, 6.07) is 7.28. The highest BCUT2D eigenvalue weighted by Crippen LogP contribution is 2.27. The number of nitrogens with one attached hydrogen (secondary N) is 1. The molecule has 0 spiro atoms. The minimum atomic E-state index is -0.0327. The Kier molecular flexibility index (Phi) is 4.81. The first-order valence-corrected chi connectivity index (χ1v) is 8.17. The van der Waals surface area contributed by atoms with Crippen molar-refractivity contribution in [3.05, 3.63) is 35.2 Å². The Bertz CT molecular complexity index is 671. The summed E-state index contributed by atoms with van der Waals surface area (Å²) in [7, 11) is 0. The van der Waals surface area contributed by atoms with Crippen LogP contribution in [-0.4, -0.2) is 40.7 Å². The van der Waals surface area contributed by atoms with Crippen molar-refractivity contribution >= 4 is 17.6 Å². The van der Waals surface area contributed by atoms with E-state index >= 15 is 0 Å². The van der Waals surface area contributed by atoms with Crippen molar-refractivity contribution in [1.82, 2.24) is 20.4 Å². The molecule has 1 fully saturated rings. The highest BCUT2D eigenvalue weighted by Gasteiger charge is 2.28. The fraction of sp³-hybridized carbons (Fsp3) is 0.438. The molecular formula is C16H19ClN4O2. The Hall–Kier alpha value is -2.08. The summed E-state index contributed by atoms with van der Waals surface area (Å²) in [5, 5.41) is 7.55. The van der Waals surface area contributed by atoms with Gasteiger partial charge in [0.25, 0.3) is 0 Å². The van der Waals surface area contributed by atoms with E-state index in [-0.39, 0.29) is 11.9 Å². The summed E-state index contributed by atoms with van der Waals surface area (Å²) in [6.07, 6.45) is 1.87. The van der Waals surface area contributed by atoms with Gasteiger partial charge in [-0.05, 0) is 44.0 Å². The molecule has 1 aliphatic heterocycles. The Labute approximate surface area is 139 Å². The van der Waals surface area contributed by atoms with Gasteiger partial charge < -0.3 is 14.7 Å². The lowest BCUT2D eigenvalue weighted by Crippen LogP contribution is -2.44. The second-order valence-electron chi connectivity index (χ2n) is 5.58. The van der Waals surface area contributed by atoms with E-state index < -0.39 is 0 Å². The molecule has 2 heterocycles. The Morgan fingerprint density at radius 3 is 2.96 bits per heavy atom. The number of likely N-dealkylation sites (tertiary alicyclic amines) is 1. The summed E-state index contributed by atoms with van der Waals surface area (Å²) in [5.41, 5.74) is 0.862. The number of urea groups is 1. The highest BCUT2D eigenvalue weighted by molar-refractivity contribution is 6.30. The summed E-state index contributed by atoms with van der Waals surface area (Å²) in [4.78, 5) is 18.3. The van der Waals surface area contributed by atoms with Gasteiger partial charge in [-0.1, -0.05) is 16.8 Å². The molecule has 0 radical (unpaired) electrons. The summed E-state index contributed by atoms with van der Waals surface area (Å²) >= 11 is 5.89. The molecule has 1 saturated heterocycles. The van der Waals surface area contributed by atoms with Crippen LogP contribution in [0.4, 0.5) is 4.79 Å². The zero-order valence-electron chi connectivity index (χ0n) is 13.0. The molecule has 0 bridgehead atoms. The van der Waals surface area contributed by atoms with Gasteiger partial charge >= 0.3 is 6.03 Å². The molecule has 23 heavy (non-hydrogen) atoms. The summed E-state index contributed by atoms with van der Waals surface area (Å²) < 4.78 is 5.42. The number of rotatable bonds is 3. The number of halogens is 1. The minimum absolute atomic E-state index is 0.0327. The van der Waals surface area contributed by atoms with E-state index in [1.807, 2.05) is 24.0 Å². The fourth-order valence-corrected chi connectivity index (χ4v) is 2.87. The maximum atomic E-state index is 12.0. The third kappa shape index (κ3) is 3.64. The number of carbonyl (C=O) groups excluding carboxylic acids is 1. The molecule has 2 aromatic rings. The Morgan fingerprint density at radius 2 is 2.22 bits per heavy atom. The first-order chi connectivity index (χ1) is 11.2. The number of amides is 2. The molecule has 3 rings (SSSR count). The van der Waals surface area contributed by atoms with Gasteiger partial charge in [-0.25, -0.2) is 4.79 Å². The van der Waals surface area contributed by atoms with Crippen LogP contribution in [0.3, 0.4) is 0 Å². The van der Waals surface area contributed by atoms with Gasteiger partial charge in [0.05, 0.1) is 5.92 Å². The predicted molar refractivity (Wildman–Crippen MR) is 87.4 cm³/mol. The zero-order chi connectivity index (χ0) is 16.2. The van der Waals surface area contributed by atoms with Crippen molar-refractivity contribution in [2.75, 3.05) is 19.6 Å². The Balaban J connectivity index is 1.72. The van der Waals surface area contributed by atoms with Gasteiger partial charge in [0.2, 0.25) is 11.7 Å². The second-order valence-corrected chi connectivity index (χ2v) is 6.02. The molecule has 1 aliphatic rings. The fourth-order valence-electron chi connectivity index (χ4n) is 2.74. The lowest BCUT2D eigenvalue weighted by molar-refractivity contribution is 0.172. The lowest BCUT2D eigenvalue weighted by atomic mass is 9.98. The molecule has 0 saturated carbocycles. The monoisotopic (exact) mass is 334 g/mol. The predicted octanol–water partition coefficient (Wildman–Crippen LogP) is 3.30. The van der Waals surface area contributed by atoms with Gasteiger partial charge in [-0.2, -0.15) is 4.98 Å². The molecule has 2 amide bonds. The van der Waals surface area contributed by atoms with E-state index in [1.165, 1.54) is 0 Å². The van der Waals surface area contributed by atoms with Crippen LogP contribution in [-0.2, 0) is 0 Å². The van der Waals surface area contributed by atoms with Gasteiger partial charge in [0, 0.05) is 30.2 Å². The largest absolute Gasteiger partial charge is 0.339 e. The van der Waals surface area contributed by atoms with Crippen molar-refractivity contribution in [2.24, 2.45) is 0 Å². The zero-order valence-corrected chi connectivity index (χ0v) is 13.7. The SMILES string of the molecule is CCNC(=O)N1CCCC(c2nc(-c3ccc(Cl)cc3)no2)C1. The standard InChI is InChI=1S/C16H19ClN4O2/c1-2-18-16(22)21-9-3-4-12(10-21)15-19-14(20-23-15)11-5-7-13(17)8-6-11/h5-8,12H,2-4,9-10H2,1H3,(H,18,22). The average Bonchev–Trinajstić information content (AvgIpc) is 3.06. The van der Waals surface area contributed by atoms with Crippen LogP contribution in [0.2, 0.25) is 5.02 Å². The third-order valence-electron chi connectivity index (χ3n) is 3.93. The molecule has 6 nitrogen and oxygen atoms in total. The van der Waals surface area contributed by atoms with Crippen molar-refractivity contribution in [1.29, 1.82) is 0 Å². The molecule has 1 unspecified atom stereocenters. The van der Waals surface area contributed by atoms with Crippen LogP contribution < -0.4 is 5.32 Å². The molecule has 1 atom stereocenters. The molecule has 1 aromatic heterocycles. The van der Waals surface area contributed by atoms with E-state index in [2.05, 4.69) is 15.5 Å².